The maximum atomic E-state index is 13.3. The van der Waals surface area contributed by atoms with Crippen LogP contribution in [0.5, 0.6) is 6.01 Å². The second-order valence-corrected chi connectivity index (χ2v) is 8.31. The quantitative estimate of drug-likeness (QED) is 0.390. The minimum atomic E-state index is -0.342. The minimum absolute atomic E-state index is 0.145. The van der Waals surface area contributed by atoms with Gasteiger partial charge in [-0.05, 0) is 47.9 Å². The molecule has 0 aliphatic carbocycles. The summed E-state index contributed by atoms with van der Waals surface area (Å²) in [5.41, 5.74) is 4.00. The molecule has 0 atom stereocenters. The number of methoxy groups -OCH3 is 1. The number of carbonyl (C=O) groups excluding carboxylic acids is 1. The number of hydrogen-bond donors (Lipinski definition) is 0. The molecule has 5 rings (SSSR count). The van der Waals surface area contributed by atoms with Crippen LogP contribution < -0.4 is 25.7 Å². The van der Waals surface area contributed by atoms with Gasteiger partial charge in [0.25, 0.3) is 0 Å². The summed E-state index contributed by atoms with van der Waals surface area (Å²) in [5, 5.41) is 4.08. The van der Waals surface area contributed by atoms with Crippen molar-refractivity contribution in [3.63, 3.8) is 0 Å². The fourth-order valence-electron chi connectivity index (χ4n) is 4.53. The topological polar surface area (TPSA) is 98.4 Å². The molecule has 11 heteroatoms. The molecule has 2 radical (unpaired) electrons. The van der Waals surface area contributed by atoms with Gasteiger partial charge in [-0.25, -0.2) is 23.8 Å². The smallest absolute Gasteiger partial charge is 0.353 e. The van der Waals surface area contributed by atoms with E-state index in [4.69, 9.17) is 12.6 Å². The number of urea groups is 1. The zero-order valence-electron chi connectivity index (χ0n) is 20.3. The summed E-state index contributed by atoms with van der Waals surface area (Å²) in [6.45, 7) is 3.07. The largest absolute Gasteiger partial charge is 0.467 e. The van der Waals surface area contributed by atoms with E-state index in [1.165, 1.54) is 16.4 Å². The van der Waals surface area contributed by atoms with Crippen LogP contribution in [0.3, 0.4) is 0 Å². The number of aromatic nitrogens is 5. The molecule has 0 N–H and O–H groups in total. The summed E-state index contributed by atoms with van der Waals surface area (Å²) in [7, 11) is 9.50. The van der Waals surface area contributed by atoms with Gasteiger partial charge in [0, 0.05) is 38.1 Å². The first-order valence-corrected chi connectivity index (χ1v) is 11.5. The van der Waals surface area contributed by atoms with Crippen molar-refractivity contribution in [1.82, 2.24) is 24.3 Å². The molecule has 36 heavy (non-hydrogen) atoms. The number of rotatable bonds is 6. The third kappa shape index (κ3) is 3.82. The SMILES string of the molecule is [B]c1cc(-n2c(OC)nn(C)c2=O)ccc1-c1ccnc(N2CCN(c3cccnc3)C2=O)c1CC. The first-order valence-electron chi connectivity index (χ1n) is 11.5. The fraction of sp³-hybridized carbons (Fsp3) is 0.240. The lowest BCUT2D eigenvalue weighted by molar-refractivity contribution is 0.255. The standard InChI is InChI=1S/C25H24BN7O3/c1-4-18-19(20-8-7-16(14-21(20)26)33-23(36-3)29-30(2)24(33)34)9-11-28-22(18)32-13-12-31(25(32)35)17-6-5-10-27-15-17/h5-11,14-15H,4,12-13H2,1-3H3. The summed E-state index contributed by atoms with van der Waals surface area (Å²) in [6.07, 6.45) is 5.69. The van der Waals surface area contributed by atoms with Crippen LogP contribution in [0.2, 0.25) is 0 Å². The molecule has 2 amide bonds. The number of carbonyl (C=O) groups is 1. The van der Waals surface area contributed by atoms with Gasteiger partial charge in [0.1, 0.15) is 13.7 Å². The van der Waals surface area contributed by atoms with Crippen molar-refractivity contribution >= 4 is 30.8 Å². The number of nitrogens with zero attached hydrogens (tertiary/aromatic N) is 7. The Balaban J connectivity index is 1.53. The van der Waals surface area contributed by atoms with Gasteiger partial charge >= 0.3 is 17.7 Å². The molecule has 1 aromatic carbocycles. The molecule has 3 aromatic heterocycles. The van der Waals surface area contributed by atoms with Gasteiger partial charge in [0.05, 0.1) is 24.7 Å². The van der Waals surface area contributed by atoms with Crippen molar-refractivity contribution in [2.45, 2.75) is 13.3 Å². The summed E-state index contributed by atoms with van der Waals surface area (Å²) in [5.74, 6) is 0.611. The number of hydrogen-bond acceptors (Lipinski definition) is 6. The molecule has 1 fully saturated rings. The lowest BCUT2D eigenvalue weighted by Crippen LogP contribution is -2.33. The summed E-state index contributed by atoms with van der Waals surface area (Å²) in [6, 6.07) is 11.0. The monoisotopic (exact) mass is 481 g/mol. The Kier molecular flexibility index (Phi) is 6.05. The molecule has 1 aliphatic rings. The first kappa shape index (κ1) is 23.3. The van der Waals surface area contributed by atoms with Gasteiger partial charge in [-0.2, -0.15) is 0 Å². The van der Waals surface area contributed by atoms with Crippen molar-refractivity contribution in [2.24, 2.45) is 7.05 Å². The van der Waals surface area contributed by atoms with E-state index in [0.717, 1.165) is 22.4 Å². The summed E-state index contributed by atoms with van der Waals surface area (Å²) >= 11 is 0. The van der Waals surface area contributed by atoms with Crippen LogP contribution in [0.1, 0.15) is 12.5 Å². The number of anilines is 2. The van der Waals surface area contributed by atoms with E-state index in [9.17, 15) is 9.59 Å². The van der Waals surface area contributed by atoms with Gasteiger partial charge in [0.2, 0.25) is 0 Å². The number of aryl methyl sites for hydroxylation is 1. The summed E-state index contributed by atoms with van der Waals surface area (Å²) < 4.78 is 7.81. The Morgan fingerprint density at radius 1 is 1.03 bits per heavy atom. The van der Waals surface area contributed by atoms with Crippen molar-refractivity contribution in [3.05, 3.63) is 71.0 Å². The number of amides is 2. The molecule has 0 saturated carbocycles. The van der Waals surface area contributed by atoms with Gasteiger partial charge in [-0.15, -0.1) is 5.10 Å². The highest BCUT2D eigenvalue weighted by Gasteiger charge is 2.33. The van der Waals surface area contributed by atoms with Crippen LogP contribution in [-0.4, -0.2) is 58.4 Å². The molecule has 10 nitrogen and oxygen atoms in total. The highest BCUT2D eigenvalue weighted by molar-refractivity contribution is 6.36. The van der Waals surface area contributed by atoms with E-state index >= 15 is 0 Å². The molecular formula is C25H24BN7O3. The van der Waals surface area contributed by atoms with E-state index in [-0.39, 0.29) is 17.7 Å². The fourth-order valence-corrected chi connectivity index (χ4v) is 4.53. The maximum Gasteiger partial charge on any atom is 0.353 e. The Hall–Kier alpha value is -4.41. The number of pyridine rings is 2. The molecule has 4 aromatic rings. The van der Waals surface area contributed by atoms with Crippen LogP contribution in [0.15, 0.2) is 59.8 Å². The van der Waals surface area contributed by atoms with E-state index in [0.29, 0.717) is 36.5 Å². The van der Waals surface area contributed by atoms with Crippen molar-refractivity contribution in [2.75, 3.05) is 30.0 Å². The van der Waals surface area contributed by atoms with Crippen LogP contribution in [0.25, 0.3) is 16.8 Å². The molecular weight excluding hydrogens is 457 g/mol. The average molecular weight is 481 g/mol. The molecule has 4 heterocycles. The first-order chi connectivity index (χ1) is 17.4. The molecule has 0 spiro atoms. The maximum absolute atomic E-state index is 13.3. The zero-order chi connectivity index (χ0) is 25.4. The molecule has 0 unspecified atom stereocenters. The molecule has 1 saturated heterocycles. The highest BCUT2D eigenvalue weighted by Crippen LogP contribution is 2.32. The van der Waals surface area contributed by atoms with Crippen molar-refractivity contribution < 1.29 is 9.53 Å². The number of ether oxygens (including phenoxy) is 1. The molecule has 1 aliphatic heterocycles. The van der Waals surface area contributed by atoms with Crippen molar-refractivity contribution in [3.8, 4) is 22.8 Å². The Labute approximate surface area is 209 Å². The molecule has 0 bridgehead atoms. The third-order valence-corrected chi connectivity index (χ3v) is 6.27. The lowest BCUT2D eigenvalue weighted by atomic mass is 9.85. The highest BCUT2D eigenvalue weighted by atomic mass is 16.5. The lowest BCUT2D eigenvalue weighted by Gasteiger charge is -2.22. The normalized spacial score (nSPS) is 13.5. The average Bonchev–Trinajstić information content (AvgIpc) is 3.42. The van der Waals surface area contributed by atoms with Crippen LogP contribution in [0, 0.1) is 0 Å². The van der Waals surface area contributed by atoms with E-state index < -0.39 is 0 Å². The third-order valence-electron chi connectivity index (χ3n) is 6.27. The van der Waals surface area contributed by atoms with Gasteiger partial charge in [-0.1, -0.05) is 18.5 Å². The van der Waals surface area contributed by atoms with Crippen LogP contribution >= 0.6 is 0 Å². The van der Waals surface area contributed by atoms with E-state index in [1.807, 2.05) is 31.2 Å². The predicted molar refractivity (Wildman–Crippen MR) is 138 cm³/mol. The van der Waals surface area contributed by atoms with E-state index in [1.54, 1.807) is 47.6 Å². The minimum Gasteiger partial charge on any atom is -0.467 e. The van der Waals surface area contributed by atoms with E-state index in [2.05, 4.69) is 15.1 Å². The zero-order valence-corrected chi connectivity index (χ0v) is 20.3. The second-order valence-electron chi connectivity index (χ2n) is 8.31. The van der Waals surface area contributed by atoms with Gasteiger partial charge in [-0.3, -0.25) is 14.8 Å². The molecule has 180 valence electrons. The Morgan fingerprint density at radius 3 is 2.53 bits per heavy atom. The van der Waals surface area contributed by atoms with Crippen LogP contribution in [-0.2, 0) is 13.5 Å². The summed E-state index contributed by atoms with van der Waals surface area (Å²) in [4.78, 5) is 37.9. The Bertz CT molecular complexity index is 1500. The van der Waals surface area contributed by atoms with Gasteiger partial charge < -0.3 is 4.74 Å². The second kappa shape index (κ2) is 9.33. The number of benzene rings is 1. The predicted octanol–water partition coefficient (Wildman–Crippen LogP) is 1.84. The van der Waals surface area contributed by atoms with Crippen molar-refractivity contribution in [1.29, 1.82) is 0 Å². The van der Waals surface area contributed by atoms with Crippen LogP contribution in [0.4, 0.5) is 16.3 Å². The van der Waals surface area contributed by atoms with Gasteiger partial charge in [0.15, 0.2) is 0 Å². The Morgan fingerprint density at radius 2 is 1.83 bits per heavy atom.